The number of nitrogens with two attached hydrogens (primary N) is 2. The number of carbonyl (C=O) groups excluding carboxylic acids is 1. The molecule has 9 nitrogen and oxygen atoms in total. The van der Waals surface area contributed by atoms with Gasteiger partial charge in [0.1, 0.15) is 22.6 Å². The Morgan fingerprint density at radius 3 is 2.97 bits per heavy atom. The number of oxazole rings is 1. The Balaban J connectivity index is 1.43. The molecule has 1 unspecified atom stereocenters. The molecule has 1 fully saturated rings. The molecule has 2 atom stereocenters. The van der Waals surface area contributed by atoms with E-state index in [2.05, 4.69) is 20.9 Å². The summed E-state index contributed by atoms with van der Waals surface area (Å²) in [7, 11) is 0. The van der Waals surface area contributed by atoms with Crippen LogP contribution in [0.4, 0.5) is 11.7 Å². The van der Waals surface area contributed by atoms with Crippen LogP contribution in [0.3, 0.4) is 0 Å². The highest BCUT2D eigenvalue weighted by Gasteiger charge is 2.38. The Hall–Kier alpha value is -3.75. The molecule has 2 aromatic heterocycles. The van der Waals surface area contributed by atoms with E-state index >= 15 is 0 Å². The number of nitrogen functional groups attached to an aromatic ring is 1. The number of benzene rings is 2. The van der Waals surface area contributed by atoms with Crippen LogP contribution in [0.25, 0.3) is 33.5 Å². The number of rotatable bonds is 5. The molecule has 1 saturated carbocycles. The van der Waals surface area contributed by atoms with Crippen LogP contribution in [0.2, 0.25) is 0 Å². The van der Waals surface area contributed by atoms with Crippen LogP contribution in [0.1, 0.15) is 24.8 Å². The number of hydrogen-bond donors (Lipinski definition) is 3. The smallest absolute Gasteiger partial charge is 0.292 e. The molecule has 9 heteroatoms. The second-order valence-electron chi connectivity index (χ2n) is 8.74. The SMILES string of the molecule is Cc1cc(-c2nc3cc(NC4C[C@H]4CC(N)=O)cc4c3n2CCCO4)cc2nc(N)oc12. The minimum atomic E-state index is -0.255. The lowest BCUT2D eigenvalue weighted by Gasteiger charge is -2.10. The summed E-state index contributed by atoms with van der Waals surface area (Å²) in [5.74, 6) is 1.72. The summed E-state index contributed by atoms with van der Waals surface area (Å²) < 4.78 is 13.8. The lowest BCUT2D eigenvalue weighted by molar-refractivity contribution is -0.118. The molecule has 3 heterocycles. The van der Waals surface area contributed by atoms with Gasteiger partial charge < -0.3 is 30.5 Å². The van der Waals surface area contributed by atoms with Crippen LogP contribution in [-0.4, -0.2) is 33.1 Å². The zero-order valence-electron chi connectivity index (χ0n) is 17.7. The highest BCUT2D eigenvalue weighted by molar-refractivity contribution is 5.91. The van der Waals surface area contributed by atoms with Crippen molar-refractivity contribution >= 4 is 39.7 Å². The van der Waals surface area contributed by atoms with Crippen molar-refractivity contribution < 1.29 is 13.9 Å². The van der Waals surface area contributed by atoms with Crippen LogP contribution in [0.5, 0.6) is 5.75 Å². The molecular formula is C23H24N6O3. The number of imidazole rings is 1. The molecule has 1 amide bonds. The molecule has 32 heavy (non-hydrogen) atoms. The van der Waals surface area contributed by atoms with Gasteiger partial charge in [0, 0.05) is 36.3 Å². The Bertz CT molecular complexity index is 1390. The van der Waals surface area contributed by atoms with E-state index in [1.165, 1.54) is 0 Å². The molecule has 164 valence electrons. The quantitative estimate of drug-likeness (QED) is 0.441. The summed E-state index contributed by atoms with van der Waals surface area (Å²) >= 11 is 0. The molecule has 0 radical (unpaired) electrons. The molecule has 1 aliphatic heterocycles. The van der Waals surface area contributed by atoms with Crippen molar-refractivity contribution in [2.75, 3.05) is 17.7 Å². The topological polar surface area (TPSA) is 134 Å². The zero-order chi connectivity index (χ0) is 22.0. The van der Waals surface area contributed by atoms with Gasteiger partial charge in [-0.05, 0) is 49.4 Å². The van der Waals surface area contributed by atoms with Crippen molar-refractivity contribution in [3.05, 3.63) is 29.8 Å². The highest BCUT2D eigenvalue weighted by atomic mass is 16.5. The number of carbonyl (C=O) groups is 1. The Labute approximate surface area is 183 Å². The minimum Gasteiger partial charge on any atom is -0.491 e. The van der Waals surface area contributed by atoms with Crippen LogP contribution < -0.4 is 21.5 Å². The molecule has 2 aliphatic rings. The summed E-state index contributed by atoms with van der Waals surface area (Å²) in [6.45, 7) is 3.44. The average Bonchev–Trinajstić information content (AvgIpc) is 3.22. The Morgan fingerprint density at radius 2 is 2.12 bits per heavy atom. The fraction of sp³-hybridized carbons (Fsp3) is 0.348. The number of aromatic nitrogens is 3. The second-order valence-corrected chi connectivity index (χ2v) is 8.74. The molecule has 0 spiro atoms. The van der Waals surface area contributed by atoms with Gasteiger partial charge in [0.25, 0.3) is 6.01 Å². The molecule has 1 aliphatic carbocycles. The van der Waals surface area contributed by atoms with Crippen molar-refractivity contribution in [2.45, 2.75) is 38.8 Å². The lowest BCUT2D eigenvalue weighted by Crippen LogP contribution is -2.14. The van der Waals surface area contributed by atoms with Crippen molar-refractivity contribution in [2.24, 2.45) is 11.7 Å². The highest BCUT2D eigenvalue weighted by Crippen LogP contribution is 2.40. The van der Waals surface area contributed by atoms with E-state index < -0.39 is 0 Å². The first-order valence-corrected chi connectivity index (χ1v) is 10.9. The monoisotopic (exact) mass is 432 g/mol. The maximum absolute atomic E-state index is 11.2. The van der Waals surface area contributed by atoms with Gasteiger partial charge in [0.2, 0.25) is 5.91 Å². The molecule has 4 aromatic rings. The lowest BCUT2D eigenvalue weighted by atomic mass is 10.1. The molecule has 2 aromatic carbocycles. The number of hydrogen-bond acceptors (Lipinski definition) is 7. The number of nitrogens with zero attached hydrogens (tertiary/aromatic N) is 3. The van der Waals surface area contributed by atoms with Gasteiger partial charge >= 0.3 is 0 Å². The summed E-state index contributed by atoms with van der Waals surface area (Å²) in [5.41, 5.74) is 17.2. The van der Waals surface area contributed by atoms with Gasteiger partial charge in [-0.25, -0.2) is 4.98 Å². The average molecular weight is 432 g/mol. The molecule has 6 rings (SSSR count). The van der Waals surface area contributed by atoms with E-state index in [9.17, 15) is 4.79 Å². The number of aryl methyl sites for hydroxylation is 2. The first-order chi connectivity index (χ1) is 15.5. The summed E-state index contributed by atoms with van der Waals surface area (Å²) in [4.78, 5) is 20.5. The van der Waals surface area contributed by atoms with E-state index in [1.54, 1.807) is 0 Å². The van der Waals surface area contributed by atoms with Gasteiger partial charge in [-0.2, -0.15) is 4.98 Å². The summed E-state index contributed by atoms with van der Waals surface area (Å²) in [6.07, 6.45) is 2.24. The maximum atomic E-state index is 11.2. The summed E-state index contributed by atoms with van der Waals surface area (Å²) in [6, 6.07) is 8.51. The standard InChI is InChI=1S/C23H24N6O3/c1-11-5-13(7-17-21(11)32-23(25)28-17)22-27-16-9-14(26-15-6-12(15)8-19(24)30)10-18-20(16)29(22)3-2-4-31-18/h5,7,9-10,12,15,26H,2-4,6,8H2,1H3,(H2,24,30)(H2,25,28)/t12-,15?/m0/s1. The van der Waals surface area contributed by atoms with Gasteiger partial charge in [-0.1, -0.05) is 0 Å². The fourth-order valence-corrected chi connectivity index (χ4v) is 4.74. The third kappa shape index (κ3) is 3.12. The molecule has 0 saturated heterocycles. The largest absolute Gasteiger partial charge is 0.491 e. The maximum Gasteiger partial charge on any atom is 0.292 e. The van der Waals surface area contributed by atoms with E-state index in [0.717, 1.165) is 64.3 Å². The van der Waals surface area contributed by atoms with E-state index in [-0.39, 0.29) is 18.0 Å². The Kier molecular flexibility index (Phi) is 4.08. The van der Waals surface area contributed by atoms with Crippen molar-refractivity contribution in [1.82, 2.24) is 14.5 Å². The van der Waals surface area contributed by atoms with Gasteiger partial charge in [0.05, 0.1) is 12.1 Å². The van der Waals surface area contributed by atoms with Crippen LogP contribution >= 0.6 is 0 Å². The predicted molar refractivity (Wildman–Crippen MR) is 121 cm³/mol. The summed E-state index contributed by atoms with van der Waals surface area (Å²) in [5, 5.41) is 3.51. The van der Waals surface area contributed by atoms with Crippen molar-refractivity contribution in [3.8, 4) is 17.1 Å². The molecular weight excluding hydrogens is 408 g/mol. The number of primary amides is 1. The number of ether oxygens (including phenoxy) is 1. The normalized spacial score (nSPS) is 19.7. The molecule has 0 bridgehead atoms. The van der Waals surface area contributed by atoms with Crippen LogP contribution in [-0.2, 0) is 11.3 Å². The van der Waals surface area contributed by atoms with Crippen LogP contribution in [0, 0.1) is 12.8 Å². The first-order valence-electron chi connectivity index (χ1n) is 10.9. The molecule has 5 N–H and O–H groups in total. The number of fused-ring (bicyclic) bond motifs is 1. The van der Waals surface area contributed by atoms with Gasteiger partial charge in [0.15, 0.2) is 5.58 Å². The van der Waals surface area contributed by atoms with E-state index in [1.807, 2.05) is 25.1 Å². The fourth-order valence-electron chi connectivity index (χ4n) is 4.74. The van der Waals surface area contributed by atoms with Crippen LogP contribution in [0.15, 0.2) is 28.7 Å². The number of amides is 1. The number of anilines is 2. The van der Waals surface area contributed by atoms with E-state index in [4.69, 9.17) is 25.6 Å². The minimum absolute atomic E-state index is 0.160. The Morgan fingerprint density at radius 1 is 1.25 bits per heavy atom. The van der Waals surface area contributed by atoms with E-state index in [0.29, 0.717) is 24.5 Å². The number of nitrogens with one attached hydrogen (secondary N) is 1. The zero-order valence-corrected chi connectivity index (χ0v) is 17.7. The third-order valence-electron chi connectivity index (χ3n) is 6.28. The van der Waals surface area contributed by atoms with Crippen molar-refractivity contribution in [1.29, 1.82) is 0 Å². The van der Waals surface area contributed by atoms with Gasteiger partial charge in [-0.15, -0.1) is 0 Å². The third-order valence-corrected chi connectivity index (χ3v) is 6.28. The first kappa shape index (κ1) is 19.0. The second kappa shape index (κ2) is 6.88. The predicted octanol–water partition coefficient (Wildman–Crippen LogP) is 3.19. The van der Waals surface area contributed by atoms with Gasteiger partial charge in [-0.3, -0.25) is 4.79 Å². The van der Waals surface area contributed by atoms with Crippen molar-refractivity contribution in [3.63, 3.8) is 0 Å².